The standard InChI is InChI=1S/C18H17N3O/c19-16-5-1-2-6-17(16)20-18(22)15-9-7-14(8-10-15)13-21-11-3-4-12-21/h1-12H,13,19H2,(H,20,22). The molecule has 0 saturated carbocycles. The Morgan fingerprint density at radius 2 is 1.64 bits per heavy atom. The summed E-state index contributed by atoms with van der Waals surface area (Å²) in [4.78, 5) is 12.2. The molecule has 0 bridgehead atoms. The van der Waals surface area contributed by atoms with Crippen molar-refractivity contribution >= 4 is 17.3 Å². The van der Waals surface area contributed by atoms with Crippen molar-refractivity contribution < 1.29 is 4.79 Å². The Hall–Kier alpha value is -3.01. The second-order valence-corrected chi connectivity index (χ2v) is 5.09. The number of benzene rings is 2. The predicted molar refractivity (Wildman–Crippen MR) is 88.8 cm³/mol. The van der Waals surface area contributed by atoms with E-state index in [9.17, 15) is 4.79 Å². The van der Waals surface area contributed by atoms with Gasteiger partial charge in [-0.2, -0.15) is 0 Å². The van der Waals surface area contributed by atoms with E-state index in [1.165, 1.54) is 0 Å². The van der Waals surface area contributed by atoms with Gasteiger partial charge in [0.25, 0.3) is 5.91 Å². The lowest BCUT2D eigenvalue weighted by molar-refractivity contribution is 0.102. The lowest BCUT2D eigenvalue weighted by atomic mass is 10.1. The van der Waals surface area contributed by atoms with Crippen LogP contribution in [0.15, 0.2) is 73.1 Å². The van der Waals surface area contributed by atoms with E-state index in [1.54, 1.807) is 12.1 Å². The fourth-order valence-corrected chi connectivity index (χ4v) is 2.25. The Morgan fingerprint density at radius 1 is 0.955 bits per heavy atom. The summed E-state index contributed by atoms with van der Waals surface area (Å²) >= 11 is 0. The third kappa shape index (κ3) is 3.17. The molecule has 0 saturated heterocycles. The minimum absolute atomic E-state index is 0.162. The fraction of sp³-hybridized carbons (Fsp3) is 0.0556. The summed E-state index contributed by atoms with van der Waals surface area (Å²) in [6.45, 7) is 0.792. The van der Waals surface area contributed by atoms with Crippen molar-refractivity contribution in [1.29, 1.82) is 0 Å². The van der Waals surface area contributed by atoms with Gasteiger partial charge in [-0.25, -0.2) is 0 Å². The number of nitrogens with zero attached hydrogens (tertiary/aromatic N) is 1. The highest BCUT2D eigenvalue weighted by atomic mass is 16.1. The first-order valence-corrected chi connectivity index (χ1v) is 7.08. The number of nitrogens with one attached hydrogen (secondary N) is 1. The van der Waals surface area contributed by atoms with Crippen LogP contribution in [-0.2, 0) is 6.54 Å². The first-order valence-electron chi connectivity index (χ1n) is 7.08. The van der Waals surface area contributed by atoms with Gasteiger partial charge < -0.3 is 15.6 Å². The number of carbonyl (C=O) groups is 1. The van der Waals surface area contributed by atoms with Crippen LogP contribution in [-0.4, -0.2) is 10.5 Å². The average molecular weight is 291 g/mol. The normalized spacial score (nSPS) is 10.4. The van der Waals surface area contributed by atoms with E-state index in [0.29, 0.717) is 16.9 Å². The number of nitrogen functional groups attached to an aromatic ring is 1. The average Bonchev–Trinajstić information content (AvgIpc) is 3.03. The van der Waals surface area contributed by atoms with Crippen molar-refractivity contribution in [3.05, 3.63) is 84.2 Å². The Bertz CT molecular complexity index is 761. The van der Waals surface area contributed by atoms with E-state index in [4.69, 9.17) is 5.73 Å². The smallest absolute Gasteiger partial charge is 0.255 e. The van der Waals surface area contributed by atoms with Gasteiger partial charge in [0.05, 0.1) is 11.4 Å². The van der Waals surface area contributed by atoms with E-state index >= 15 is 0 Å². The zero-order chi connectivity index (χ0) is 15.4. The summed E-state index contributed by atoms with van der Waals surface area (Å²) in [6.07, 6.45) is 4.03. The maximum Gasteiger partial charge on any atom is 0.255 e. The summed E-state index contributed by atoms with van der Waals surface area (Å²) in [5.41, 5.74) is 8.77. The maximum atomic E-state index is 12.2. The van der Waals surface area contributed by atoms with E-state index in [1.807, 2.05) is 60.9 Å². The fourth-order valence-electron chi connectivity index (χ4n) is 2.25. The first kappa shape index (κ1) is 13.9. The van der Waals surface area contributed by atoms with Gasteiger partial charge in [-0.05, 0) is 42.0 Å². The zero-order valence-electron chi connectivity index (χ0n) is 12.1. The molecule has 0 unspecified atom stereocenters. The molecule has 1 heterocycles. The van der Waals surface area contributed by atoms with Gasteiger partial charge in [-0.1, -0.05) is 24.3 Å². The third-order valence-corrected chi connectivity index (χ3v) is 3.46. The molecule has 0 fully saturated rings. The summed E-state index contributed by atoms with van der Waals surface area (Å²) in [5, 5.41) is 2.82. The van der Waals surface area contributed by atoms with Crippen molar-refractivity contribution in [2.75, 3.05) is 11.1 Å². The Balaban J connectivity index is 1.70. The SMILES string of the molecule is Nc1ccccc1NC(=O)c1ccc(Cn2cccc2)cc1. The minimum atomic E-state index is -0.162. The number of nitrogens with two attached hydrogens (primary N) is 1. The summed E-state index contributed by atoms with van der Waals surface area (Å²) in [5.74, 6) is -0.162. The quantitative estimate of drug-likeness (QED) is 0.724. The number of para-hydroxylation sites is 2. The molecular weight excluding hydrogens is 274 g/mol. The molecular formula is C18H17N3O. The van der Waals surface area contributed by atoms with Crippen molar-refractivity contribution in [1.82, 2.24) is 4.57 Å². The third-order valence-electron chi connectivity index (χ3n) is 3.46. The molecule has 3 aromatic rings. The van der Waals surface area contributed by atoms with Crippen molar-refractivity contribution in [3.8, 4) is 0 Å². The van der Waals surface area contributed by atoms with Crippen LogP contribution < -0.4 is 11.1 Å². The molecule has 22 heavy (non-hydrogen) atoms. The van der Waals surface area contributed by atoms with Gasteiger partial charge in [-0.15, -0.1) is 0 Å². The summed E-state index contributed by atoms with van der Waals surface area (Å²) in [6, 6.07) is 18.8. The molecule has 0 aliphatic carbocycles. The topological polar surface area (TPSA) is 60.0 Å². The first-order chi connectivity index (χ1) is 10.7. The molecule has 0 aliphatic heterocycles. The number of aromatic nitrogens is 1. The highest BCUT2D eigenvalue weighted by Gasteiger charge is 2.07. The van der Waals surface area contributed by atoms with Crippen LogP contribution in [0.3, 0.4) is 0 Å². The van der Waals surface area contributed by atoms with Crippen LogP contribution in [0.5, 0.6) is 0 Å². The number of anilines is 2. The lowest BCUT2D eigenvalue weighted by Gasteiger charge is -2.09. The highest BCUT2D eigenvalue weighted by molar-refractivity contribution is 6.05. The second-order valence-electron chi connectivity index (χ2n) is 5.09. The predicted octanol–water partition coefficient (Wildman–Crippen LogP) is 3.37. The number of hydrogen-bond donors (Lipinski definition) is 2. The van der Waals surface area contributed by atoms with Gasteiger partial charge in [-0.3, -0.25) is 4.79 Å². The number of hydrogen-bond acceptors (Lipinski definition) is 2. The van der Waals surface area contributed by atoms with Crippen LogP contribution in [0, 0.1) is 0 Å². The molecule has 110 valence electrons. The highest BCUT2D eigenvalue weighted by Crippen LogP contribution is 2.18. The molecule has 2 aromatic carbocycles. The van der Waals surface area contributed by atoms with Gasteiger partial charge in [0, 0.05) is 24.5 Å². The number of carbonyl (C=O) groups excluding carboxylic acids is 1. The van der Waals surface area contributed by atoms with Crippen molar-refractivity contribution in [2.24, 2.45) is 0 Å². The number of rotatable bonds is 4. The Morgan fingerprint density at radius 3 is 2.32 bits per heavy atom. The van der Waals surface area contributed by atoms with Crippen LogP contribution in [0.4, 0.5) is 11.4 Å². The van der Waals surface area contributed by atoms with Crippen LogP contribution in [0.1, 0.15) is 15.9 Å². The minimum Gasteiger partial charge on any atom is -0.397 e. The maximum absolute atomic E-state index is 12.2. The lowest BCUT2D eigenvalue weighted by Crippen LogP contribution is -2.13. The van der Waals surface area contributed by atoms with E-state index in [-0.39, 0.29) is 5.91 Å². The molecule has 1 amide bonds. The van der Waals surface area contributed by atoms with Crippen LogP contribution in [0.2, 0.25) is 0 Å². The van der Waals surface area contributed by atoms with Gasteiger partial charge in [0.2, 0.25) is 0 Å². The molecule has 1 aromatic heterocycles. The van der Waals surface area contributed by atoms with Gasteiger partial charge >= 0.3 is 0 Å². The zero-order valence-corrected chi connectivity index (χ0v) is 12.1. The summed E-state index contributed by atoms with van der Waals surface area (Å²) in [7, 11) is 0. The monoisotopic (exact) mass is 291 g/mol. The van der Waals surface area contributed by atoms with E-state index < -0.39 is 0 Å². The molecule has 0 radical (unpaired) electrons. The molecule has 4 nitrogen and oxygen atoms in total. The Kier molecular flexibility index (Phi) is 3.92. The van der Waals surface area contributed by atoms with Crippen LogP contribution >= 0.6 is 0 Å². The molecule has 0 aliphatic rings. The van der Waals surface area contributed by atoms with Gasteiger partial charge in [0.1, 0.15) is 0 Å². The van der Waals surface area contributed by atoms with Gasteiger partial charge in [0.15, 0.2) is 0 Å². The Labute approximate surface area is 129 Å². The molecule has 0 atom stereocenters. The number of amides is 1. The van der Waals surface area contributed by atoms with E-state index in [2.05, 4.69) is 9.88 Å². The van der Waals surface area contributed by atoms with Crippen molar-refractivity contribution in [3.63, 3.8) is 0 Å². The molecule has 3 rings (SSSR count). The largest absolute Gasteiger partial charge is 0.397 e. The van der Waals surface area contributed by atoms with Crippen LogP contribution in [0.25, 0.3) is 0 Å². The van der Waals surface area contributed by atoms with E-state index in [0.717, 1.165) is 12.1 Å². The molecule has 4 heteroatoms. The molecule has 0 spiro atoms. The molecule has 3 N–H and O–H groups in total. The summed E-state index contributed by atoms with van der Waals surface area (Å²) < 4.78 is 2.08. The second kappa shape index (κ2) is 6.18. The van der Waals surface area contributed by atoms with Crippen molar-refractivity contribution in [2.45, 2.75) is 6.54 Å².